The Morgan fingerprint density at radius 2 is 2.20 bits per heavy atom. The first kappa shape index (κ1) is 9.47. The Kier molecular flexibility index (Phi) is 2.26. The Balaban J connectivity index is 2.62. The smallest absolute Gasteiger partial charge is 0.151 e. The van der Waals surface area contributed by atoms with Crippen LogP contribution in [-0.2, 0) is 4.79 Å². The number of nitrogens with zero attached hydrogens (tertiary/aromatic N) is 1. The minimum absolute atomic E-state index is 0.123. The number of aromatic amines is 1. The number of carbonyl (C=O) groups is 1. The van der Waals surface area contributed by atoms with Gasteiger partial charge in [0, 0.05) is 22.7 Å². The Morgan fingerprint density at radius 1 is 1.47 bits per heavy atom. The standard InChI is InChI=1S/C12H10N2O/c1-8(15)10(6-13)11-7-14-12-5-3-2-4-9(11)12/h2-5,7,10,14H,1H3. The van der Waals surface area contributed by atoms with Gasteiger partial charge in [0.1, 0.15) is 5.92 Å². The maximum atomic E-state index is 11.3. The van der Waals surface area contributed by atoms with Crippen molar-refractivity contribution < 1.29 is 4.79 Å². The summed E-state index contributed by atoms with van der Waals surface area (Å²) in [5, 5.41) is 9.89. The number of carbonyl (C=O) groups excluding carboxylic acids is 1. The predicted octanol–water partition coefficient (Wildman–Crippen LogP) is 2.36. The lowest BCUT2D eigenvalue weighted by Gasteiger charge is -2.02. The summed E-state index contributed by atoms with van der Waals surface area (Å²) in [7, 11) is 0. The molecule has 1 N–H and O–H groups in total. The third kappa shape index (κ3) is 1.50. The molecule has 0 saturated heterocycles. The molecule has 3 nitrogen and oxygen atoms in total. The van der Waals surface area contributed by atoms with E-state index in [1.54, 1.807) is 6.20 Å². The van der Waals surface area contributed by atoms with Crippen molar-refractivity contribution in [2.75, 3.05) is 0 Å². The lowest BCUT2D eigenvalue weighted by molar-refractivity contribution is -0.117. The number of Topliss-reactive ketones (excluding diaryl/α,β-unsaturated/α-hetero) is 1. The second kappa shape index (κ2) is 3.58. The van der Waals surface area contributed by atoms with Crippen LogP contribution in [0.1, 0.15) is 18.4 Å². The van der Waals surface area contributed by atoms with Gasteiger partial charge < -0.3 is 4.98 Å². The predicted molar refractivity (Wildman–Crippen MR) is 57.3 cm³/mol. The van der Waals surface area contributed by atoms with Gasteiger partial charge in [0.25, 0.3) is 0 Å². The Labute approximate surface area is 87.3 Å². The van der Waals surface area contributed by atoms with Gasteiger partial charge in [-0.3, -0.25) is 4.79 Å². The minimum Gasteiger partial charge on any atom is -0.361 e. The number of ketones is 1. The van der Waals surface area contributed by atoms with Crippen LogP contribution < -0.4 is 0 Å². The van der Waals surface area contributed by atoms with Crippen LogP contribution in [0.2, 0.25) is 0 Å². The number of hydrogen-bond acceptors (Lipinski definition) is 2. The van der Waals surface area contributed by atoms with Crippen LogP contribution in [0.5, 0.6) is 0 Å². The summed E-state index contributed by atoms with van der Waals surface area (Å²) < 4.78 is 0. The molecule has 1 heterocycles. The SMILES string of the molecule is CC(=O)C(C#N)c1c[nH]c2ccccc12. The zero-order valence-electron chi connectivity index (χ0n) is 8.32. The van der Waals surface area contributed by atoms with E-state index < -0.39 is 5.92 Å². The topological polar surface area (TPSA) is 56.6 Å². The zero-order chi connectivity index (χ0) is 10.8. The first-order valence-electron chi connectivity index (χ1n) is 4.70. The van der Waals surface area contributed by atoms with Gasteiger partial charge in [-0.25, -0.2) is 0 Å². The summed E-state index contributed by atoms with van der Waals surface area (Å²) in [6.45, 7) is 1.44. The van der Waals surface area contributed by atoms with Crippen molar-refractivity contribution in [3.63, 3.8) is 0 Å². The first-order valence-corrected chi connectivity index (χ1v) is 4.70. The molecule has 3 heteroatoms. The number of aromatic nitrogens is 1. The quantitative estimate of drug-likeness (QED) is 0.805. The summed E-state index contributed by atoms with van der Waals surface area (Å²) in [6.07, 6.45) is 1.74. The molecule has 1 atom stereocenters. The van der Waals surface area contributed by atoms with Gasteiger partial charge in [-0.05, 0) is 13.0 Å². The summed E-state index contributed by atoms with van der Waals surface area (Å²) >= 11 is 0. The molecule has 0 saturated carbocycles. The molecule has 0 fully saturated rings. The number of nitrogens with one attached hydrogen (secondary N) is 1. The number of H-pyrrole nitrogens is 1. The monoisotopic (exact) mass is 198 g/mol. The number of benzene rings is 1. The number of rotatable bonds is 2. The van der Waals surface area contributed by atoms with Crippen molar-refractivity contribution in [2.45, 2.75) is 12.8 Å². The van der Waals surface area contributed by atoms with Gasteiger partial charge >= 0.3 is 0 Å². The normalized spacial score (nSPS) is 12.3. The van der Waals surface area contributed by atoms with Crippen molar-refractivity contribution in [3.05, 3.63) is 36.0 Å². The summed E-state index contributed by atoms with van der Waals surface area (Å²) in [5.74, 6) is -0.789. The van der Waals surface area contributed by atoms with Gasteiger partial charge in [0.15, 0.2) is 5.78 Å². The van der Waals surface area contributed by atoms with E-state index in [2.05, 4.69) is 4.98 Å². The van der Waals surface area contributed by atoms with Gasteiger partial charge in [-0.2, -0.15) is 5.26 Å². The number of para-hydroxylation sites is 1. The highest BCUT2D eigenvalue weighted by Gasteiger charge is 2.19. The molecule has 0 bridgehead atoms. The lowest BCUT2D eigenvalue weighted by atomic mass is 9.97. The van der Waals surface area contributed by atoms with Crippen molar-refractivity contribution in [3.8, 4) is 6.07 Å². The second-order valence-corrected chi connectivity index (χ2v) is 3.46. The number of nitriles is 1. The van der Waals surface area contributed by atoms with Crippen LogP contribution in [-0.4, -0.2) is 10.8 Å². The summed E-state index contributed by atoms with van der Waals surface area (Å²) in [6, 6.07) is 9.67. The molecule has 2 aromatic rings. The van der Waals surface area contributed by atoms with Crippen LogP contribution in [0, 0.1) is 11.3 Å². The largest absolute Gasteiger partial charge is 0.361 e. The van der Waals surface area contributed by atoms with Gasteiger partial charge in [0.2, 0.25) is 0 Å². The molecule has 15 heavy (non-hydrogen) atoms. The highest BCUT2D eigenvalue weighted by atomic mass is 16.1. The highest BCUT2D eigenvalue weighted by molar-refractivity contribution is 5.93. The summed E-state index contributed by atoms with van der Waals surface area (Å²) in [4.78, 5) is 14.3. The fraction of sp³-hybridized carbons (Fsp3) is 0.167. The van der Waals surface area contributed by atoms with Crippen LogP contribution in [0.15, 0.2) is 30.5 Å². The third-order valence-corrected chi connectivity index (χ3v) is 2.47. The molecule has 0 aliphatic heterocycles. The van der Waals surface area contributed by atoms with Gasteiger partial charge in [-0.15, -0.1) is 0 Å². The second-order valence-electron chi connectivity index (χ2n) is 3.46. The van der Waals surface area contributed by atoms with E-state index in [-0.39, 0.29) is 5.78 Å². The molecule has 0 radical (unpaired) electrons. The Morgan fingerprint density at radius 3 is 2.87 bits per heavy atom. The molecule has 0 aliphatic rings. The van der Waals surface area contributed by atoms with Gasteiger partial charge in [-0.1, -0.05) is 18.2 Å². The van der Waals surface area contributed by atoms with E-state index in [4.69, 9.17) is 5.26 Å². The van der Waals surface area contributed by atoms with Crippen molar-refractivity contribution in [1.82, 2.24) is 4.98 Å². The van der Waals surface area contributed by atoms with E-state index in [1.165, 1.54) is 6.92 Å². The molecule has 1 unspecified atom stereocenters. The zero-order valence-corrected chi connectivity index (χ0v) is 8.32. The molecular formula is C12H10N2O. The highest BCUT2D eigenvalue weighted by Crippen LogP contribution is 2.25. The number of hydrogen-bond donors (Lipinski definition) is 1. The van der Waals surface area contributed by atoms with E-state index in [9.17, 15) is 4.79 Å². The molecule has 74 valence electrons. The molecular weight excluding hydrogens is 188 g/mol. The number of fused-ring (bicyclic) bond motifs is 1. The molecule has 0 aliphatic carbocycles. The molecule has 0 spiro atoms. The maximum Gasteiger partial charge on any atom is 0.151 e. The van der Waals surface area contributed by atoms with Crippen LogP contribution in [0.4, 0.5) is 0 Å². The minimum atomic E-state index is -0.666. The fourth-order valence-corrected chi connectivity index (χ4v) is 1.71. The van der Waals surface area contributed by atoms with E-state index in [1.807, 2.05) is 30.3 Å². The van der Waals surface area contributed by atoms with E-state index in [0.29, 0.717) is 0 Å². The van der Waals surface area contributed by atoms with Crippen molar-refractivity contribution >= 4 is 16.7 Å². The first-order chi connectivity index (χ1) is 7.24. The molecule has 0 amide bonds. The Bertz CT molecular complexity index is 548. The van der Waals surface area contributed by atoms with Gasteiger partial charge in [0.05, 0.1) is 6.07 Å². The summed E-state index contributed by atoms with van der Waals surface area (Å²) in [5.41, 5.74) is 1.72. The molecule has 2 rings (SSSR count). The molecule has 1 aromatic carbocycles. The van der Waals surface area contributed by atoms with Crippen molar-refractivity contribution in [2.24, 2.45) is 0 Å². The maximum absolute atomic E-state index is 11.3. The van der Waals surface area contributed by atoms with Crippen molar-refractivity contribution in [1.29, 1.82) is 5.26 Å². The third-order valence-electron chi connectivity index (χ3n) is 2.47. The average Bonchev–Trinajstić information content (AvgIpc) is 2.63. The molecule has 1 aromatic heterocycles. The van der Waals surface area contributed by atoms with Crippen LogP contribution in [0.3, 0.4) is 0 Å². The van der Waals surface area contributed by atoms with Crippen LogP contribution in [0.25, 0.3) is 10.9 Å². The fourth-order valence-electron chi connectivity index (χ4n) is 1.71. The van der Waals surface area contributed by atoms with E-state index >= 15 is 0 Å². The average molecular weight is 198 g/mol. The van der Waals surface area contributed by atoms with Crippen LogP contribution >= 0.6 is 0 Å². The lowest BCUT2D eigenvalue weighted by Crippen LogP contribution is -2.05. The van der Waals surface area contributed by atoms with E-state index in [0.717, 1.165) is 16.5 Å². The Hall–Kier alpha value is -2.08.